The summed E-state index contributed by atoms with van der Waals surface area (Å²) in [5.74, 6) is -1.72. The predicted molar refractivity (Wildman–Crippen MR) is 70.7 cm³/mol. The molecule has 0 aliphatic rings. The fourth-order valence-corrected chi connectivity index (χ4v) is 3.36. The third-order valence-corrected chi connectivity index (χ3v) is 4.67. The molecule has 108 valence electrons. The van der Waals surface area contributed by atoms with E-state index in [-0.39, 0.29) is 24.5 Å². The van der Waals surface area contributed by atoms with Gasteiger partial charge >= 0.3 is 7.60 Å². The van der Waals surface area contributed by atoms with E-state index in [4.69, 9.17) is 19.5 Å². The zero-order chi connectivity index (χ0) is 14.5. The molecular weight excluding hydrogens is 272 g/mol. The first-order valence-corrected chi connectivity index (χ1v) is 7.58. The van der Waals surface area contributed by atoms with Crippen molar-refractivity contribution in [1.82, 2.24) is 0 Å². The second kappa shape index (κ2) is 7.01. The fraction of sp³-hybridized carbons (Fsp3) is 0.500. The number of rotatable bonds is 7. The first-order chi connectivity index (χ1) is 9.00. The molecule has 0 aromatic heterocycles. The summed E-state index contributed by atoms with van der Waals surface area (Å²) < 4.78 is 41.4. The maximum atomic E-state index is 13.6. The zero-order valence-electron chi connectivity index (χ0n) is 11.3. The molecule has 1 aromatic rings. The van der Waals surface area contributed by atoms with Crippen LogP contribution in [-0.2, 0) is 13.6 Å². The summed E-state index contributed by atoms with van der Waals surface area (Å²) in [7, 11) is -2.24. The summed E-state index contributed by atoms with van der Waals surface area (Å²) in [5.41, 5.74) is 6.19. The first-order valence-electron chi connectivity index (χ1n) is 5.96. The largest absolute Gasteiger partial charge is 0.493 e. The molecule has 1 aromatic carbocycles. The molecule has 2 N–H and O–H groups in total. The van der Waals surface area contributed by atoms with E-state index < -0.39 is 19.2 Å². The molecule has 0 spiro atoms. The van der Waals surface area contributed by atoms with Crippen LogP contribution < -0.4 is 10.5 Å². The standard InChI is InChI=1S/C12H19FNO4P/c1-4-17-19(15,18-5-2)12(14)9-7-6-8-10(13)11(9)16-3/h6-8,12H,4-5,14H2,1-3H3/t12-/m0/s1. The number of methoxy groups -OCH3 is 1. The Labute approximate surface area is 112 Å². The smallest absolute Gasteiger partial charge is 0.351 e. The summed E-state index contributed by atoms with van der Waals surface area (Å²) in [4.78, 5) is 0. The van der Waals surface area contributed by atoms with E-state index in [9.17, 15) is 8.96 Å². The molecule has 5 nitrogen and oxygen atoms in total. The van der Waals surface area contributed by atoms with Crippen LogP contribution in [0.15, 0.2) is 18.2 Å². The number of nitrogens with two attached hydrogens (primary N) is 1. The highest BCUT2D eigenvalue weighted by Crippen LogP contribution is 2.59. The Morgan fingerprint density at radius 3 is 2.37 bits per heavy atom. The van der Waals surface area contributed by atoms with Gasteiger partial charge in [-0.15, -0.1) is 0 Å². The van der Waals surface area contributed by atoms with E-state index >= 15 is 0 Å². The molecule has 7 heteroatoms. The highest BCUT2D eigenvalue weighted by molar-refractivity contribution is 7.54. The molecule has 0 unspecified atom stereocenters. The van der Waals surface area contributed by atoms with Gasteiger partial charge in [-0.25, -0.2) is 4.39 Å². The van der Waals surface area contributed by atoms with Crippen LogP contribution in [0.2, 0.25) is 0 Å². The second-order valence-corrected chi connectivity index (χ2v) is 5.83. The van der Waals surface area contributed by atoms with Crippen molar-refractivity contribution < 1.29 is 22.7 Å². The molecule has 0 bridgehead atoms. The van der Waals surface area contributed by atoms with Crippen molar-refractivity contribution in [3.05, 3.63) is 29.6 Å². The van der Waals surface area contributed by atoms with E-state index in [1.807, 2.05) is 0 Å². The van der Waals surface area contributed by atoms with Crippen molar-refractivity contribution in [1.29, 1.82) is 0 Å². The monoisotopic (exact) mass is 291 g/mol. The Bertz CT molecular complexity index is 459. The van der Waals surface area contributed by atoms with Crippen molar-refractivity contribution >= 4 is 7.60 Å². The van der Waals surface area contributed by atoms with Crippen molar-refractivity contribution in [2.45, 2.75) is 19.6 Å². The van der Waals surface area contributed by atoms with E-state index in [0.717, 1.165) is 0 Å². The van der Waals surface area contributed by atoms with Crippen LogP contribution in [0.5, 0.6) is 5.75 Å². The fourth-order valence-electron chi connectivity index (χ4n) is 1.70. The van der Waals surface area contributed by atoms with Gasteiger partial charge < -0.3 is 19.5 Å². The molecule has 1 rings (SSSR count). The average Bonchev–Trinajstić information content (AvgIpc) is 2.38. The van der Waals surface area contributed by atoms with Gasteiger partial charge in [0.15, 0.2) is 11.6 Å². The lowest BCUT2D eigenvalue weighted by Crippen LogP contribution is -2.16. The summed E-state index contributed by atoms with van der Waals surface area (Å²) in [6.07, 6.45) is 0. The molecule has 0 amide bonds. The molecule has 0 aliphatic carbocycles. The summed E-state index contributed by atoms with van der Waals surface area (Å²) in [6.45, 7) is 3.73. The molecule has 1 atom stereocenters. The number of para-hydroxylation sites is 1. The van der Waals surface area contributed by atoms with E-state index in [1.165, 1.54) is 25.3 Å². The Hall–Kier alpha value is -0.940. The van der Waals surface area contributed by atoms with Crippen LogP contribution in [0.1, 0.15) is 25.2 Å². The van der Waals surface area contributed by atoms with Gasteiger partial charge in [0.2, 0.25) is 0 Å². The SMILES string of the molecule is CCOP(=O)(OCC)[C@H](N)c1cccc(F)c1OC. The molecule has 0 saturated carbocycles. The minimum absolute atomic E-state index is 0.0466. The van der Waals surface area contributed by atoms with Gasteiger partial charge in [-0.3, -0.25) is 4.57 Å². The van der Waals surface area contributed by atoms with Gasteiger partial charge in [-0.2, -0.15) is 0 Å². The number of hydrogen-bond acceptors (Lipinski definition) is 5. The van der Waals surface area contributed by atoms with Crippen LogP contribution in [0.3, 0.4) is 0 Å². The maximum absolute atomic E-state index is 13.6. The summed E-state index contributed by atoms with van der Waals surface area (Å²) >= 11 is 0. The number of ether oxygens (including phenoxy) is 1. The topological polar surface area (TPSA) is 70.8 Å². The molecule has 0 fully saturated rings. The highest BCUT2D eigenvalue weighted by atomic mass is 31.2. The Morgan fingerprint density at radius 2 is 1.89 bits per heavy atom. The molecule has 0 aliphatic heterocycles. The predicted octanol–water partition coefficient (Wildman–Crippen LogP) is 3.06. The minimum Gasteiger partial charge on any atom is -0.493 e. The number of halogens is 1. The van der Waals surface area contributed by atoms with E-state index in [2.05, 4.69) is 0 Å². The zero-order valence-corrected chi connectivity index (χ0v) is 12.2. The summed E-state index contributed by atoms with van der Waals surface area (Å²) in [6, 6.07) is 4.24. The third kappa shape index (κ3) is 3.54. The number of benzene rings is 1. The van der Waals surface area contributed by atoms with Crippen LogP contribution in [-0.4, -0.2) is 20.3 Å². The lowest BCUT2D eigenvalue weighted by Gasteiger charge is -2.24. The van der Waals surface area contributed by atoms with E-state index in [1.54, 1.807) is 13.8 Å². The van der Waals surface area contributed by atoms with Gasteiger partial charge in [0.05, 0.1) is 20.3 Å². The van der Waals surface area contributed by atoms with Crippen molar-refractivity contribution in [3.8, 4) is 5.75 Å². The molecule has 19 heavy (non-hydrogen) atoms. The quantitative estimate of drug-likeness (QED) is 0.782. The lowest BCUT2D eigenvalue weighted by atomic mass is 10.2. The van der Waals surface area contributed by atoms with Gasteiger partial charge in [0, 0.05) is 5.56 Å². The van der Waals surface area contributed by atoms with Crippen LogP contribution >= 0.6 is 7.60 Å². The third-order valence-electron chi connectivity index (χ3n) is 2.48. The van der Waals surface area contributed by atoms with Gasteiger partial charge in [-0.1, -0.05) is 12.1 Å². The summed E-state index contributed by atoms with van der Waals surface area (Å²) in [5, 5.41) is 0. The molecule has 0 radical (unpaired) electrons. The van der Waals surface area contributed by atoms with Crippen LogP contribution in [0.25, 0.3) is 0 Å². The van der Waals surface area contributed by atoms with Crippen LogP contribution in [0, 0.1) is 5.82 Å². The average molecular weight is 291 g/mol. The minimum atomic E-state index is -3.56. The maximum Gasteiger partial charge on any atom is 0.351 e. The Morgan fingerprint density at radius 1 is 1.32 bits per heavy atom. The lowest BCUT2D eigenvalue weighted by molar-refractivity contribution is 0.211. The van der Waals surface area contributed by atoms with E-state index in [0.29, 0.717) is 0 Å². The van der Waals surface area contributed by atoms with Crippen molar-refractivity contribution in [3.63, 3.8) is 0 Å². The molecule has 0 heterocycles. The van der Waals surface area contributed by atoms with Gasteiger partial charge in [0.1, 0.15) is 5.78 Å². The normalized spacial score (nSPS) is 13.3. The second-order valence-electron chi connectivity index (χ2n) is 3.68. The Kier molecular flexibility index (Phi) is 5.94. The highest BCUT2D eigenvalue weighted by Gasteiger charge is 2.36. The first kappa shape index (κ1) is 16.1. The number of hydrogen-bond donors (Lipinski definition) is 1. The molecule has 0 saturated heterocycles. The van der Waals surface area contributed by atoms with Crippen molar-refractivity contribution in [2.75, 3.05) is 20.3 Å². The Balaban J connectivity index is 3.20. The van der Waals surface area contributed by atoms with Crippen molar-refractivity contribution in [2.24, 2.45) is 5.73 Å². The van der Waals surface area contributed by atoms with Crippen LogP contribution in [0.4, 0.5) is 4.39 Å². The molecular formula is C12H19FNO4P. The van der Waals surface area contributed by atoms with Gasteiger partial charge in [0.25, 0.3) is 0 Å². The van der Waals surface area contributed by atoms with Gasteiger partial charge in [-0.05, 0) is 19.9 Å².